The maximum Gasteiger partial charge on any atom is 0.133 e. The Hall–Kier alpha value is -2.09. The number of nitriles is 1. The molecule has 0 amide bonds. The topological polar surface area (TPSA) is 49.4 Å². The molecule has 102 valence electrons. The highest BCUT2D eigenvalue weighted by Gasteiger charge is 2.13. The zero-order chi connectivity index (χ0) is 13.8. The third-order valence-corrected chi connectivity index (χ3v) is 3.53. The van der Waals surface area contributed by atoms with Gasteiger partial charge in [0.2, 0.25) is 0 Å². The van der Waals surface area contributed by atoms with Crippen LogP contribution in [0.1, 0.15) is 11.1 Å². The molecule has 20 heavy (non-hydrogen) atoms. The van der Waals surface area contributed by atoms with Gasteiger partial charge < -0.3 is 9.15 Å². The molecule has 2 aromatic rings. The lowest BCUT2D eigenvalue weighted by Crippen LogP contribution is -2.35. The van der Waals surface area contributed by atoms with E-state index < -0.39 is 0 Å². The molecule has 0 unspecified atom stereocenters. The van der Waals surface area contributed by atoms with Crippen LogP contribution in [0.4, 0.5) is 0 Å². The number of hydrogen-bond donors (Lipinski definition) is 0. The molecule has 3 rings (SSSR count). The van der Waals surface area contributed by atoms with Crippen LogP contribution in [0.25, 0.3) is 11.3 Å². The van der Waals surface area contributed by atoms with Gasteiger partial charge in [-0.2, -0.15) is 5.26 Å². The summed E-state index contributed by atoms with van der Waals surface area (Å²) < 4.78 is 10.7. The van der Waals surface area contributed by atoms with Crippen molar-refractivity contribution in [2.45, 2.75) is 6.54 Å². The summed E-state index contributed by atoms with van der Waals surface area (Å²) in [5.74, 6) is 0.791. The van der Waals surface area contributed by atoms with Crippen molar-refractivity contribution < 1.29 is 9.15 Å². The number of benzene rings is 1. The van der Waals surface area contributed by atoms with Crippen LogP contribution in [0.2, 0.25) is 0 Å². The molecule has 4 heteroatoms. The van der Waals surface area contributed by atoms with Crippen molar-refractivity contribution in [3.8, 4) is 17.4 Å². The number of hydrogen-bond acceptors (Lipinski definition) is 4. The SMILES string of the molecule is N#Cc1cc(-c2ccco2)ccc1CN1CCOCC1. The quantitative estimate of drug-likeness (QED) is 0.858. The minimum atomic E-state index is 0.713. The summed E-state index contributed by atoms with van der Waals surface area (Å²) in [6, 6.07) is 12.0. The number of rotatable bonds is 3. The normalized spacial score (nSPS) is 15.9. The summed E-state index contributed by atoms with van der Waals surface area (Å²) in [5, 5.41) is 9.35. The molecule has 0 N–H and O–H groups in total. The molecular weight excluding hydrogens is 252 g/mol. The summed E-state index contributed by atoms with van der Waals surface area (Å²) in [6.07, 6.45) is 1.64. The molecule has 0 saturated carbocycles. The lowest BCUT2D eigenvalue weighted by molar-refractivity contribution is 0.0341. The zero-order valence-electron chi connectivity index (χ0n) is 11.2. The van der Waals surface area contributed by atoms with Gasteiger partial charge in [0.05, 0.1) is 31.1 Å². The van der Waals surface area contributed by atoms with E-state index in [0.29, 0.717) is 5.56 Å². The van der Waals surface area contributed by atoms with E-state index in [1.165, 1.54) is 0 Å². The molecule has 2 heterocycles. The minimum absolute atomic E-state index is 0.713. The van der Waals surface area contributed by atoms with Crippen molar-refractivity contribution >= 4 is 0 Å². The molecule has 4 nitrogen and oxygen atoms in total. The standard InChI is InChI=1S/C16H16N2O2/c17-11-15-10-13(16-2-1-7-20-16)3-4-14(15)12-18-5-8-19-9-6-18/h1-4,7,10H,5-6,8-9,12H2. The summed E-state index contributed by atoms with van der Waals surface area (Å²) in [4.78, 5) is 2.31. The highest BCUT2D eigenvalue weighted by molar-refractivity contribution is 5.61. The molecule has 1 fully saturated rings. The molecule has 0 radical (unpaired) electrons. The molecule has 1 aromatic heterocycles. The fourth-order valence-electron chi connectivity index (χ4n) is 2.41. The summed E-state index contributed by atoms with van der Waals surface area (Å²) in [6.45, 7) is 4.18. The number of nitrogens with zero attached hydrogens (tertiary/aromatic N) is 2. The number of ether oxygens (including phenoxy) is 1. The van der Waals surface area contributed by atoms with Crippen molar-refractivity contribution in [3.63, 3.8) is 0 Å². The first kappa shape index (κ1) is 12.9. The van der Waals surface area contributed by atoms with Crippen molar-refractivity contribution in [2.24, 2.45) is 0 Å². The Morgan fingerprint density at radius 3 is 2.75 bits per heavy atom. The van der Waals surface area contributed by atoms with Gasteiger partial charge in [0, 0.05) is 25.2 Å². The molecule has 0 aliphatic carbocycles. The molecule has 0 bridgehead atoms. The lowest BCUT2D eigenvalue weighted by atomic mass is 10.0. The Morgan fingerprint density at radius 1 is 1.20 bits per heavy atom. The van der Waals surface area contributed by atoms with Crippen molar-refractivity contribution in [1.82, 2.24) is 4.90 Å². The maximum absolute atomic E-state index is 9.35. The molecule has 1 aliphatic heterocycles. The van der Waals surface area contributed by atoms with Gasteiger partial charge in [-0.3, -0.25) is 4.90 Å². The van der Waals surface area contributed by atoms with Crippen LogP contribution in [-0.2, 0) is 11.3 Å². The first-order valence-electron chi connectivity index (χ1n) is 6.74. The molecular formula is C16H16N2O2. The van der Waals surface area contributed by atoms with Gasteiger partial charge in [0.1, 0.15) is 5.76 Å². The number of furan rings is 1. The highest BCUT2D eigenvalue weighted by atomic mass is 16.5. The van der Waals surface area contributed by atoms with Gasteiger partial charge in [-0.15, -0.1) is 0 Å². The van der Waals surface area contributed by atoms with Gasteiger partial charge in [-0.1, -0.05) is 12.1 Å². The summed E-state index contributed by atoms with van der Waals surface area (Å²) in [7, 11) is 0. The average Bonchev–Trinajstić information content (AvgIpc) is 3.03. The van der Waals surface area contributed by atoms with Gasteiger partial charge in [-0.25, -0.2) is 0 Å². The molecule has 0 atom stereocenters. The van der Waals surface area contributed by atoms with Crippen LogP contribution in [0.3, 0.4) is 0 Å². The van der Waals surface area contributed by atoms with Gasteiger partial charge >= 0.3 is 0 Å². The van der Waals surface area contributed by atoms with E-state index in [4.69, 9.17) is 9.15 Å². The van der Waals surface area contributed by atoms with E-state index >= 15 is 0 Å². The predicted molar refractivity (Wildman–Crippen MR) is 75.0 cm³/mol. The van der Waals surface area contributed by atoms with Crippen LogP contribution < -0.4 is 0 Å². The van der Waals surface area contributed by atoms with E-state index in [9.17, 15) is 5.26 Å². The van der Waals surface area contributed by atoms with Crippen LogP contribution in [0.5, 0.6) is 0 Å². The Balaban J connectivity index is 1.83. The van der Waals surface area contributed by atoms with Gasteiger partial charge in [0.15, 0.2) is 0 Å². The Morgan fingerprint density at radius 2 is 2.05 bits per heavy atom. The summed E-state index contributed by atoms with van der Waals surface area (Å²) >= 11 is 0. The highest BCUT2D eigenvalue weighted by Crippen LogP contribution is 2.23. The van der Waals surface area contributed by atoms with Crippen molar-refractivity contribution in [3.05, 3.63) is 47.7 Å². The predicted octanol–water partition coefficient (Wildman–Crippen LogP) is 2.65. The molecule has 0 spiro atoms. The fourth-order valence-corrected chi connectivity index (χ4v) is 2.41. The first-order valence-corrected chi connectivity index (χ1v) is 6.74. The van der Waals surface area contributed by atoms with E-state index in [-0.39, 0.29) is 0 Å². The van der Waals surface area contributed by atoms with E-state index in [0.717, 1.165) is 49.7 Å². The monoisotopic (exact) mass is 268 g/mol. The van der Waals surface area contributed by atoms with Gasteiger partial charge in [-0.05, 0) is 23.8 Å². The van der Waals surface area contributed by atoms with E-state index in [2.05, 4.69) is 11.0 Å². The first-order chi connectivity index (χ1) is 9.86. The Kier molecular flexibility index (Phi) is 3.82. The van der Waals surface area contributed by atoms with Crippen LogP contribution in [-0.4, -0.2) is 31.2 Å². The van der Waals surface area contributed by atoms with Crippen LogP contribution >= 0.6 is 0 Å². The van der Waals surface area contributed by atoms with Crippen LogP contribution in [0, 0.1) is 11.3 Å². The Bertz CT molecular complexity index is 608. The number of morpholine rings is 1. The molecule has 1 saturated heterocycles. The molecule has 1 aromatic carbocycles. The van der Waals surface area contributed by atoms with Gasteiger partial charge in [0.25, 0.3) is 0 Å². The average molecular weight is 268 g/mol. The van der Waals surface area contributed by atoms with Crippen LogP contribution in [0.15, 0.2) is 41.0 Å². The zero-order valence-corrected chi connectivity index (χ0v) is 11.2. The second-order valence-corrected chi connectivity index (χ2v) is 4.85. The second-order valence-electron chi connectivity index (χ2n) is 4.85. The van der Waals surface area contributed by atoms with Crippen molar-refractivity contribution in [1.29, 1.82) is 5.26 Å². The minimum Gasteiger partial charge on any atom is -0.464 e. The molecule has 1 aliphatic rings. The van der Waals surface area contributed by atoms with E-state index in [1.807, 2.05) is 30.3 Å². The summed E-state index contributed by atoms with van der Waals surface area (Å²) in [5.41, 5.74) is 2.72. The third-order valence-electron chi connectivity index (χ3n) is 3.53. The Labute approximate surface area is 118 Å². The van der Waals surface area contributed by atoms with E-state index in [1.54, 1.807) is 6.26 Å². The smallest absolute Gasteiger partial charge is 0.133 e. The lowest BCUT2D eigenvalue weighted by Gasteiger charge is -2.26. The third kappa shape index (κ3) is 2.74. The fraction of sp³-hybridized carbons (Fsp3) is 0.312. The van der Waals surface area contributed by atoms with Crippen molar-refractivity contribution in [2.75, 3.05) is 26.3 Å². The maximum atomic E-state index is 9.35. The second kappa shape index (κ2) is 5.91. The largest absolute Gasteiger partial charge is 0.464 e.